The quantitative estimate of drug-likeness (QED) is 0.881. The lowest BCUT2D eigenvalue weighted by Crippen LogP contribution is -2.32. The van der Waals surface area contributed by atoms with Crippen molar-refractivity contribution in [2.45, 2.75) is 25.9 Å². The van der Waals surface area contributed by atoms with Gasteiger partial charge < -0.3 is 15.4 Å². The Bertz CT molecular complexity index is 715. The highest BCUT2D eigenvalue weighted by molar-refractivity contribution is 5.93. The minimum absolute atomic E-state index is 0.0775. The first kappa shape index (κ1) is 16.3. The number of carbonyl (C=O) groups excluding carboxylic acids is 1. The minimum Gasteiger partial charge on any atom is -0.376 e. The molecular weight excluding hydrogens is 311 g/mol. The number of anilines is 2. The fraction of sp³-hybridized carbons (Fsp3) is 0.353. The Hall–Kier alpha value is -2.54. The van der Waals surface area contributed by atoms with E-state index in [1.807, 2.05) is 0 Å². The molecule has 3 rings (SSSR count). The SMILES string of the molecule is Cc1nc(Nc2ccc(F)cc2)cc(C(=O)NCC2CCCO2)n1. The second kappa shape index (κ2) is 7.35. The molecule has 1 unspecified atom stereocenters. The van der Waals surface area contributed by atoms with Gasteiger partial charge in [-0.3, -0.25) is 4.79 Å². The predicted molar refractivity (Wildman–Crippen MR) is 87.8 cm³/mol. The minimum atomic E-state index is -0.311. The van der Waals surface area contributed by atoms with Crippen molar-refractivity contribution >= 4 is 17.4 Å². The maximum Gasteiger partial charge on any atom is 0.270 e. The third-order valence-electron chi connectivity index (χ3n) is 3.70. The Morgan fingerprint density at radius 2 is 2.12 bits per heavy atom. The number of rotatable bonds is 5. The van der Waals surface area contributed by atoms with Crippen LogP contribution in [0.1, 0.15) is 29.2 Å². The molecule has 0 bridgehead atoms. The molecule has 0 radical (unpaired) electrons. The normalized spacial score (nSPS) is 16.8. The monoisotopic (exact) mass is 330 g/mol. The largest absolute Gasteiger partial charge is 0.376 e. The number of nitrogens with zero attached hydrogens (tertiary/aromatic N) is 2. The summed E-state index contributed by atoms with van der Waals surface area (Å²) >= 11 is 0. The van der Waals surface area contributed by atoms with E-state index in [4.69, 9.17) is 4.74 Å². The van der Waals surface area contributed by atoms with Crippen LogP contribution in [0.5, 0.6) is 0 Å². The van der Waals surface area contributed by atoms with Gasteiger partial charge in [-0.1, -0.05) is 0 Å². The van der Waals surface area contributed by atoms with Crippen LogP contribution in [-0.2, 0) is 4.74 Å². The fourth-order valence-corrected chi connectivity index (χ4v) is 2.53. The first-order chi connectivity index (χ1) is 11.6. The molecule has 24 heavy (non-hydrogen) atoms. The molecule has 126 valence electrons. The van der Waals surface area contributed by atoms with E-state index in [0.29, 0.717) is 23.9 Å². The summed E-state index contributed by atoms with van der Waals surface area (Å²) < 4.78 is 18.4. The Labute approximate surface area is 139 Å². The average molecular weight is 330 g/mol. The summed E-state index contributed by atoms with van der Waals surface area (Å²) in [6.45, 7) is 2.94. The summed E-state index contributed by atoms with van der Waals surface area (Å²) in [6.07, 6.45) is 2.06. The Morgan fingerprint density at radius 1 is 1.33 bits per heavy atom. The van der Waals surface area contributed by atoms with Gasteiger partial charge in [0.1, 0.15) is 23.2 Å². The number of aryl methyl sites for hydroxylation is 1. The lowest BCUT2D eigenvalue weighted by atomic mass is 10.2. The van der Waals surface area contributed by atoms with E-state index in [-0.39, 0.29) is 23.5 Å². The van der Waals surface area contributed by atoms with E-state index in [2.05, 4.69) is 20.6 Å². The summed E-state index contributed by atoms with van der Waals surface area (Å²) in [4.78, 5) is 20.7. The summed E-state index contributed by atoms with van der Waals surface area (Å²) in [6, 6.07) is 7.48. The number of hydrogen-bond donors (Lipinski definition) is 2. The molecule has 2 aromatic rings. The van der Waals surface area contributed by atoms with Crippen LogP contribution in [0.15, 0.2) is 30.3 Å². The highest BCUT2D eigenvalue weighted by Crippen LogP contribution is 2.16. The van der Waals surface area contributed by atoms with Gasteiger partial charge in [0.25, 0.3) is 5.91 Å². The molecule has 1 atom stereocenters. The maximum atomic E-state index is 13.0. The molecule has 1 aromatic heterocycles. The summed E-state index contributed by atoms with van der Waals surface area (Å²) in [7, 11) is 0. The van der Waals surface area contributed by atoms with Gasteiger partial charge in [0.15, 0.2) is 0 Å². The van der Waals surface area contributed by atoms with Crippen LogP contribution in [-0.4, -0.2) is 35.1 Å². The van der Waals surface area contributed by atoms with Crippen molar-refractivity contribution in [3.63, 3.8) is 0 Å². The molecule has 1 saturated heterocycles. The Morgan fingerprint density at radius 3 is 2.83 bits per heavy atom. The maximum absolute atomic E-state index is 13.0. The van der Waals surface area contributed by atoms with Gasteiger partial charge in [0.2, 0.25) is 0 Å². The van der Waals surface area contributed by atoms with Gasteiger partial charge in [-0.15, -0.1) is 0 Å². The molecule has 2 N–H and O–H groups in total. The lowest BCUT2D eigenvalue weighted by Gasteiger charge is -2.12. The van der Waals surface area contributed by atoms with Crippen molar-refractivity contribution in [1.29, 1.82) is 0 Å². The Kier molecular flexibility index (Phi) is 5.00. The number of amides is 1. The number of carbonyl (C=O) groups is 1. The van der Waals surface area contributed by atoms with Crippen LogP contribution in [0.2, 0.25) is 0 Å². The molecule has 2 heterocycles. The number of benzene rings is 1. The molecule has 1 amide bonds. The molecule has 1 aliphatic heterocycles. The molecule has 7 heteroatoms. The number of aromatic nitrogens is 2. The smallest absolute Gasteiger partial charge is 0.270 e. The third kappa shape index (κ3) is 4.26. The predicted octanol–water partition coefficient (Wildman–Crippen LogP) is 2.58. The van der Waals surface area contributed by atoms with Crippen LogP contribution in [0.25, 0.3) is 0 Å². The fourth-order valence-electron chi connectivity index (χ4n) is 2.53. The van der Waals surface area contributed by atoms with Gasteiger partial charge in [-0.25, -0.2) is 14.4 Å². The zero-order valence-corrected chi connectivity index (χ0v) is 13.4. The van der Waals surface area contributed by atoms with E-state index < -0.39 is 0 Å². The summed E-state index contributed by atoms with van der Waals surface area (Å²) in [5, 5.41) is 5.88. The molecule has 1 fully saturated rings. The highest BCUT2D eigenvalue weighted by atomic mass is 19.1. The zero-order chi connectivity index (χ0) is 16.9. The zero-order valence-electron chi connectivity index (χ0n) is 13.4. The van der Waals surface area contributed by atoms with Crippen LogP contribution in [0, 0.1) is 12.7 Å². The second-order valence-electron chi connectivity index (χ2n) is 5.66. The third-order valence-corrected chi connectivity index (χ3v) is 3.70. The molecule has 1 aliphatic rings. The molecule has 0 aliphatic carbocycles. The lowest BCUT2D eigenvalue weighted by molar-refractivity contribution is 0.0853. The van der Waals surface area contributed by atoms with Crippen LogP contribution in [0.3, 0.4) is 0 Å². The summed E-state index contributed by atoms with van der Waals surface area (Å²) in [5.41, 5.74) is 0.963. The van der Waals surface area contributed by atoms with E-state index >= 15 is 0 Å². The van der Waals surface area contributed by atoms with Crippen molar-refractivity contribution < 1.29 is 13.9 Å². The molecule has 6 nitrogen and oxygen atoms in total. The van der Waals surface area contributed by atoms with Gasteiger partial charge in [0.05, 0.1) is 6.10 Å². The molecule has 1 aromatic carbocycles. The number of hydrogen-bond acceptors (Lipinski definition) is 5. The first-order valence-corrected chi connectivity index (χ1v) is 7.88. The van der Waals surface area contributed by atoms with E-state index in [0.717, 1.165) is 19.4 Å². The average Bonchev–Trinajstić information content (AvgIpc) is 3.08. The molecule has 0 saturated carbocycles. The van der Waals surface area contributed by atoms with Crippen molar-refractivity contribution in [1.82, 2.24) is 15.3 Å². The van der Waals surface area contributed by atoms with Gasteiger partial charge in [0, 0.05) is 24.9 Å². The molecular formula is C17H19FN4O2. The second-order valence-corrected chi connectivity index (χ2v) is 5.66. The van der Waals surface area contributed by atoms with Crippen LogP contribution in [0.4, 0.5) is 15.9 Å². The van der Waals surface area contributed by atoms with Gasteiger partial charge >= 0.3 is 0 Å². The summed E-state index contributed by atoms with van der Waals surface area (Å²) in [5.74, 6) is 0.382. The number of halogens is 1. The van der Waals surface area contributed by atoms with Crippen molar-refractivity contribution in [2.24, 2.45) is 0 Å². The van der Waals surface area contributed by atoms with Crippen LogP contribution >= 0.6 is 0 Å². The number of ether oxygens (including phenoxy) is 1. The first-order valence-electron chi connectivity index (χ1n) is 7.88. The van der Waals surface area contributed by atoms with Gasteiger partial charge in [-0.2, -0.15) is 0 Å². The van der Waals surface area contributed by atoms with E-state index in [9.17, 15) is 9.18 Å². The molecule has 0 spiro atoms. The van der Waals surface area contributed by atoms with Crippen molar-refractivity contribution in [3.05, 3.63) is 47.7 Å². The van der Waals surface area contributed by atoms with Crippen molar-refractivity contribution in [2.75, 3.05) is 18.5 Å². The van der Waals surface area contributed by atoms with Crippen LogP contribution < -0.4 is 10.6 Å². The van der Waals surface area contributed by atoms with Gasteiger partial charge in [-0.05, 0) is 44.0 Å². The van der Waals surface area contributed by atoms with Crippen molar-refractivity contribution in [3.8, 4) is 0 Å². The Balaban J connectivity index is 1.68. The highest BCUT2D eigenvalue weighted by Gasteiger charge is 2.17. The topological polar surface area (TPSA) is 76.1 Å². The van der Waals surface area contributed by atoms with E-state index in [1.54, 1.807) is 25.1 Å². The van der Waals surface area contributed by atoms with E-state index in [1.165, 1.54) is 12.1 Å². The number of nitrogens with one attached hydrogen (secondary N) is 2. The standard InChI is InChI=1S/C17H19FN4O2/c1-11-20-15(17(23)19-10-14-3-2-8-24-14)9-16(21-11)22-13-6-4-12(18)5-7-13/h4-7,9,14H,2-3,8,10H2,1H3,(H,19,23)(H,20,21,22).